The van der Waals surface area contributed by atoms with Crippen LogP contribution < -0.4 is 0 Å². The topological polar surface area (TPSA) is 12.9 Å². The first-order chi connectivity index (χ1) is 18.2. The third-order valence-electron chi connectivity index (χ3n) is 13.2. The molecule has 226 valence electrons. The predicted octanol–water partition coefficient (Wildman–Crippen LogP) is 11.6. The second-order valence-electron chi connectivity index (χ2n) is 15.1. The Morgan fingerprint density at radius 2 is 1.65 bits per heavy atom. The van der Waals surface area contributed by atoms with E-state index in [9.17, 15) is 0 Å². The zero-order valence-corrected chi connectivity index (χ0v) is 25.9. The standard InChI is InChI=1S/C37H57N.2CH4/c1-8-11-29-14-12-28(24-38-29)26(5)30(10-3)34-16-17-35-33-15-13-27-23-36(6,22-25(4)9-2)20-18-31(27)32(33)19-21-37(34,35)7;;/h12,14,24-27,30-35H,9-10,13,15-23H2,1-7H3;2*1H4/t25-,26+,27+,30?,31?,32+,33+,34?,35-,36+,37?;;/m0../s1. The molecule has 0 bridgehead atoms. The molecule has 0 N–H and O–H groups in total. The zero-order chi connectivity index (χ0) is 27.1. The van der Waals surface area contributed by atoms with Gasteiger partial charge in [-0.05, 0) is 153 Å². The number of fused-ring (bicyclic) bond motifs is 5. The highest BCUT2D eigenvalue weighted by Gasteiger charge is 2.58. The molecule has 0 saturated heterocycles. The van der Waals surface area contributed by atoms with Crippen LogP contribution in [0.25, 0.3) is 0 Å². The molecule has 1 heteroatoms. The van der Waals surface area contributed by atoms with E-state index >= 15 is 0 Å². The smallest absolute Gasteiger partial charge is 0.113 e. The first-order valence-electron chi connectivity index (χ1n) is 16.6. The van der Waals surface area contributed by atoms with E-state index in [1.165, 1.54) is 82.6 Å². The molecule has 1 aromatic rings. The second kappa shape index (κ2) is 13.3. The Bertz CT molecular complexity index is 998. The molecule has 4 fully saturated rings. The third kappa shape index (κ3) is 6.09. The maximum Gasteiger partial charge on any atom is 0.113 e. The Balaban J connectivity index is 0.00000220. The van der Waals surface area contributed by atoms with Crippen LogP contribution in [0.5, 0.6) is 0 Å². The molecule has 0 amide bonds. The Morgan fingerprint density at radius 1 is 0.900 bits per heavy atom. The molecule has 1 aromatic heterocycles. The molecular formula is C39H65N. The molecule has 11 atom stereocenters. The lowest BCUT2D eigenvalue weighted by Crippen LogP contribution is -2.50. The number of pyridine rings is 1. The number of nitrogens with zero attached hydrogens (tertiary/aromatic N) is 1. The van der Waals surface area contributed by atoms with Crippen molar-refractivity contribution in [3.05, 3.63) is 29.6 Å². The fourth-order valence-electron chi connectivity index (χ4n) is 11.2. The summed E-state index contributed by atoms with van der Waals surface area (Å²) in [5.41, 5.74) is 3.48. The lowest BCUT2D eigenvalue weighted by atomic mass is 9.47. The number of rotatable bonds is 7. The molecule has 0 aliphatic heterocycles. The summed E-state index contributed by atoms with van der Waals surface area (Å²) in [6.45, 7) is 17.1. The van der Waals surface area contributed by atoms with Crippen molar-refractivity contribution in [3.8, 4) is 11.8 Å². The van der Waals surface area contributed by atoms with Crippen LogP contribution in [0.1, 0.15) is 158 Å². The van der Waals surface area contributed by atoms with Crippen LogP contribution >= 0.6 is 0 Å². The maximum atomic E-state index is 4.68. The van der Waals surface area contributed by atoms with Gasteiger partial charge in [0, 0.05) is 6.20 Å². The van der Waals surface area contributed by atoms with Gasteiger partial charge in [-0.2, -0.15) is 0 Å². The van der Waals surface area contributed by atoms with Gasteiger partial charge >= 0.3 is 0 Å². The van der Waals surface area contributed by atoms with Crippen molar-refractivity contribution >= 4 is 0 Å². The van der Waals surface area contributed by atoms with Gasteiger partial charge in [-0.25, -0.2) is 4.98 Å². The van der Waals surface area contributed by atoms with Crippen LogP contribution in [-0.4, -0.2) is 4.98 Å². The van der Waals surface area contributed by atoms with Crippen LogP contribution in [0.4, 0.5) is 0 Å². The number of aromatic nitrogens is 1. The maximum absolute atomic E-state index is 4.68. The highest BCUT2D eigenvalue weighted by Crippen LogP contribution is 2.67. The molecule has 0 aromatic carbocycles. The van der Waals surface area contributed by atoms with Gasteiger partial charge < -0.3 is 0 Å². The fourth-order valence-corrected chi connectivity index (χ4v) is 11.2. The number of hydrogen-bond acceptors (Lipinski definition) is 1. The minimum absolute atomic E-state index is 0. The molecule has 4 aliphatic carbocycles. The molecule has 4 aliphatic rings. The summed E-state index contributed by atoms with van der Waals surface area (Å²) in [5, 5.41) is 0. The van der Waals surface area contributed by atoms with E-state index < -0.39 is 0 Å². The van der Waals surface area contributed by atoms with E-state index in [2.05, 4.69) is 76.7 Å². The molecule has 40 heavy (non-hydrogen) atoms. The van der Waals surface area contributed by atoms with E-state index in [0.29, 0.717) is 16.7 Å². The molecule has 1 nitrogen and oxygen atoms in total. The fraction of sp³-hybridized carbons (Fsp3) is 0.821. The minimum Gasteiger partial charge on any atom is -0.248 e. The van der Waals surface area contributed by atoms with Gasteiger partial charge in [-0.15, -0.1) is 0 Å². The Kier molecular flexibility index (Phi) is 11.1. The van der Waals surface area contributed by atoms with Gasteiger partial charge in [0.15, 0.2) is 0 Å². The van der Waals surface area contributed by atoms with Gasteiger partial charge in [-0.3, -0.25) is 0 Å². The third-order valence-corrected chi connectivity index (χ3v) is 13.2. The highest BCUT2D eigenvalue weighted by molar-refractivity contribution is 5.30. The van der Waals surface area contributed by atoms with E-state index in [1.807, 2.05) is 6.92 Å². The van der Waals surface area contributed by atoms with Gasteiger partial charge in [0.05, 0.1) is 0 Å². The van der Waals surface area contributed by atoms with Gasteiger partial charge in [-0.1, -0.05) is 81.2 Å². The summed E-state index contributed by atoms with van der Waals surface area (Å²) in [6.07, 6.45) is 19.8. The van der Waals surface area contributed by atoms with Crippen molar-refractivity contribution < 1.29 is 0 Å². The largest absolute Gasteiger partial charge is 0.248 e. The quantitative estimate of drug-likeness (QED) is 0.309. The number of hydrogen-bond donors (Lipinski definition) is 0. The molecular weight excluding hydrogens is 482 g/mol. The first kappa shape index (κ1) is 33.2. The summed E-state index contributed by atoms with van der Waals surface area (Å²) in [6, 6.07) is 4.45. The van der Waals surface area contributed by atoms with E-state index in [0.717, 1.165) is 53.0 Å². The minimum atomic E-state index is 0. The molecule has 5 rings (SSSR count). The summed E-state index contributed by atoms with van der Waals surface area (Å²) in [5.74, 6) is 14.3. The summed E-state index contributed by atoms with van der Waals surface area (Å²) >= 11 is 0. The lowest BCUT2D eigenvalue weighted by Gasteiger charge is -2.58. The van der Waals surface area contributed by atoms with Crippen molar-refractivity contribution in [3.63, 3.8) is 0 Å². The molecule has 1 heterocycles. The van der Waals surface area contributed by atoms with Gasteiger partial charge in [0.1, 0.15) is 5.69 Å². The van der Waals surface area contributed by atoms with Crippen LogP contribution in [0.2, 0.25) is 0 Å². The predicted molar refractivity (Wildman–Crippen MR) is 175 cm³/mol. The summed E-state index contributed by atoms with van der Waals surface area (Å²) in [4.78, 5) is 4.68. The Labute approximate surface area is 250 Å². The second-order valence-corrected chi connectivity index (χ2v) is 15.1. The monoisotopic (exact) mass is 548 g/mol. The van der Waals surface area contributed by atoms with E-state index in [1.54, 1.807) is 0 Å². The van der Waals surface area contributed by atoms with Crippen molar-refractivity contribution in [2.45, 2.75) is 146 Å². The van der Waals surface area contributed by atoms with Crippen LogP contribution in [0.3, 0.4) is 0 Å². The molecule has 4 unspecified atom stereocenters. The van der Waals surface area contributed by atoms with Crippen molar-refractivity contribution in [2.24, 2.45) is 58.2 Å². The normalized spacial score (nSPS) is 38.6. The van der Waals surface area contributed by atoms with Gasteiger partial charge in [0.25, 0.3) is 0 Å². The van der Waals surface area contributed by atoms with Crippen LogP contribution in [-0.2, 0) is 0 Å². The zero-order valence-electron chi connectivity index (χ0n) is 25.9. The van der Waals surface area contributed by atoms with E-state index in [-0.39, 0.29) is 14.9 Å². The molecule has 0 spiro atoms. The first-order valence-corrected chi connectivity index (χ1v) is 16.6. The highest BCUT2D eigenvalue weighted by atomic mass is 14.7. The van der Waals surface area contributed by atoms with Crippen molar-refractivity contribution in [2.75, 3.05) is 0 Å². The van der Waals surface area contributed by atoms with E-state index in [4.69, 9.17) is 0 Å². The van der Waals surface area contributed by atoms with Crippen molar-refractivity contribution in [1.82, 2.24) is 4.98 Å². The molecule has 0 radical (unpaired) electrons. The summed E-state index contributed by atoms with van der Waals surface area (Å²) < 4.78 is 0. The summed E-state index contributed by atoms with van der Waals surface area (Å²) in [7, 11) is 0. The Hall–Kier alpha value is -1.29. The molecule has 4 saturated carbocycles. The van der Waals surface area contributed by atoms with Crippen LogP contribution in [0, 0.1) is 70.0 Å². The average Bonchev–Trinajstić information content (AvgIpc) is 3.26. The lowest BCUT2D eigenvalue weighted by molar-refractivity contribution is -0.0866. The SMILES string of the molecule is C.C.CC#Cc1ccc([C@@H](C)C(CC)C2CC[C@H]3[C@@H]4CC[C@@H]5C[C@@](C)(C[C@@H](C)CC)CCC5[C@H]4CCC23C)cn1. The van der Waals surface area contributed by atoms with Crippen molar-refractivity contribution in [1.29, 1.82) is 0 Å². The van der Waals surface area contributed by atoms with Crippen LogP contribution in [0.15, 0.2) is 18.3 Å². The average molecular weight is 548 g/mol. The Morgan fingerprint density at radius 3 is 2.30 bits per heavy atom. The van der Waals surface area contributed by atoms with Gasteiger partial charge in [0.2, 0.25) is 0 Å².